The molecule has 0 aliphatic carbocycles. The molecule has 1 heterocycles. The van der Waals surface area contributed by atoms with Crippen LogP contribution < -0.4 is 5.32 Å². The molecule has 0 radical (unpaired) electrons. The van der Waals surface area contributed by atoms with Gasteiger partial charge in [-0.15, -0.1) is 0 Å². The highest BCUT2D eigenvalue weighted by Gasteiger charge is 2.05. The topological polar surface area (TPSA) is 67.5 Å². The minimum atomic E-state index is 0.0708. The Balaban J connectivity index is 1.79. The molecule has 1 aromatic heterocycles. The summed E-state index contributed by atoms with van der Waals surface area (Å²) in [5.41, 5.74) is 0.784. The van der Waals surface area contributed by atoms with Crippen LogP contribution in [0.1, 0.15) is 6.42 Å². The van der Waals surface area contributed by atoms with Crippen molar-refractivity contribution >= 4 is 16.8 Å². The number of fused-ring (bicyclic) bond motifs is 1. The van der Waals surface area contributed by atoms with Gasteiger partial charge in [-0.1, -0.05) is 17.3 Å². The summed E-state index contributed by atoms with van der Waals surface area (Å²) in [6, 6.07) is 7.73. The second-order valence-electron chi connectivity index (χ2n) is 3.64. The van der Waals surface area contributed by atoms with Crippen molar-refractivity contribution < 1.29 is 14.4 Å². The van der Waals surface area contributed by atoms with E-state index in [0.29, 0.717) is 13.2 Å². The number of nitrogens with zero attached hydrogens (tertiary/aromatic N) is 1. The average Bonchev–Trinajstić information content (AvgIpc) is 2.77. The quantitative estimate of drug-likeness (QED) is 0.715. The number of benzene rings is 1. The molecule has 2 N–H and O–H groups in total. The molecule has 0 unspecified atom stereocenters. The Morgan fingerprint density at radius 2 is 2.18 bits per heavy atom. The molecule has 2 aromatic rings. The van der Waals surface area contributed by atoms with Gasteiger partial charge in [-0.25, -0.2) is 0 Å². The van der Waals surface area contributed by atoms with Crippen LogP contribution in [-0.2, 0) is 4.74 Å². The number of hydrogen-bond donors (Lipinski definition) is 2. The molecule has 0 saturated carbocycles. The number of hydrogen-bond acceptors (Lipinski definition) is 5. The minimum Gasteiger partial charge on any atom is -0.394 e. The molecule has 0 bridgehead atoms. The second-order valence-corrected chi connectivity index (χ2v) is 3.64. The van der Waals surface area contributed by atoms with E-state index in [-0.39, 0.29) is 6.61 Å². The number of ether oxygens (including phenoxy) is 1. The molecule has 17 heavy (non-hydrogen) atoms. The van der Waals surface area contributed by atoms with Crippen LogP contribution in [0.25, 0.3) is 11.0 Å². The van der Waals surface area contributed by atoms with Gasteiger partial charge in [-0.05, 0) is 18.6 Å². The van der Waals surface area contributed by atoms with Crippen LogP contribution in [0.2, 0.25) is 0 Å². The van der Waals surface area contributed by atoms with Gasteiger partial charge >= 0.3 is 0 Å². The van der Waals surface area contributed by atoms with Crippen molar-refractivity contribution in [2.75, 3.05) is 31.7 Å². The lowest BCUT2D eigenvalue weighted by atomic mass is 10.2. The van der Waals surface area contributed by atoms with Crippen LogP contribution >= 0.6 is 0 Å². The van der Waals surface area contributed by atoms with Gasteiger partial charge in [0.25, 0.3) is 0 Å². The maximum Gasteiger partial charge on any atom is 0.177 e. The molecule has 5 heteroatoms. The van der Waals surface area contributed by atoms with E-state index in [4.69, 9.17) is 14.4 Å². The third-order valence-corrected chi connectivity index (χ3v) is 2.37. The van der Waals surface area contributed by atoms with Gasteiger partial charge in [-0.3, -0.25) is 0 Å². The van der Waals surface area contributed by atoms with Crippen LogP contribution in [-0.4, -0.2) is 36.6 Å². The highest BCUT2D eigenvalue weighted by molar-refractivity contribution is 5.87. The van der Waals surface area contributed by atoms with Gasteiger partial charge in [-0.2, -0.15) is 0 Å². The first-order valence-corrected chi connectivity index (χ1v) is 5.68. The lowest BCUT2D eigenvalue weighted by molar-refractivity contribution is 0.0922. The molecule has 92 valence electrons. The van der Waals surface area contributed by atoms with Crippen LogP contribution in [0.3, 0.4) is 0 Å². The van der Waals surface area contributed by atoms with Gasteiger partial charge in [0.15, 0.2) is 11.4 Å². The fourth-order valence-corrected chi connectivity index (χ4v) is 1.56. The summed E-state index contributed by atoms with van der Waals surface area (Å²) in [7, 11) is 0. The molecular weight excluding hydrogens is 220 g/mol. The highest BCUT2D eigenvalue weighted by atomic mass is 16.5. The van der Waals surface area contributed by atoms with Crippen LogP contribution in [0.5, 0.6) is 0 Å². The standard InChI is InChI=1S/C12H16N2O3/c15-7-9-16-8-3-6-13-12-10-4-1-2-5-11(10)17-14-12/h1-2,4-5,15H,3,6-9H2,(H,13,14). The molecule has 1 aromatic carbocycles. The Kier molecular flexibility index (Phi) is 4.35. The second kappa shape index (κ2) is 6.22. The molecule has 0 atom stereocenters. The summed E-state index contributed by atoms with van der Waals surface area (Å²) in [5, 5.41) is 16.7. The zero-order valence-electron chi connectivity index (χ0n) is 9.56. The van der Waals surface area contributed by atoms with E-state index < -0.39 is 0 Å². The Bertz CT molecular complexity index is 456. The van der Waals surface area contributed by atoms with Crippen molar-refractivity contribution in [1.29, 1.82) is 0 Å². The molecule has 0 aliphatic heterocycles. The van der Waals surface area contributed by atoms with Crippen molar-refractivity contribution in [2.45, 2.75) is 6.42 Å². The SMILES string of the molecule is OCCOCCCNc1noc2ccccc12. The molecule has 2 rings (SSSR count). The molecule has 5 nitrogen and oxygen atoms in total. The lowest BCUT2D eigenvalue weighted by Gasteiger charge is -2.03. The summed E-state index contributed by atoms with van der Waals surface area (Å²) in [6.45, 7) is 1.86. The Hall–Kier alpha value is -1.59. The van der Waals surface area contributed by atoms with Gasteiger partial charge in [0.2, 0.25) is 0 Å². The maximum absolute atomic E-state index is 8.53. The lowest BCUT2D eigenvalue weighted by Crippen LogP contribution is -2.07. The molecule has 0 saturated heterocycles. The van der Waals surface area contributed by atoms with Crippen molar-refractivity contribution in [3.8, 4) is 0 Å². The first-order chi connectivity index (χ1) is 8.42. The van der Waals surface area contributed by atoms with Gasteiger partial charge in [0.1, 0.15) is 0 Å². The van der Waals surface area contributed by atoms with E-state index in [9.17, 15) is 0 Å². The summed E-state index contributed by atoms with van der Waals surface area (Å²) in [6.07, 6.45) is 0.862. The fourth-order valence-electron chi connectivity index (χ4n) is 1.56. The Morgan fingerprint density at radius 1 is 1.29 bits per heavy atom. The molecule has 0 spiro atoms. The number of anilines is 1. The summed E-state index contributed by atoms with van der Waals surface area (Å²) in [5.74, 6) is 0.766. The third-order valence-electron chi connectivity index (χ3n) is 2.37. The zero-order chi connectivity index (χ0) is 11.9. The number of para-hydroxylation sites is 1. The summed E-state index contributed by atoms with van der Waals surface area (Å²) < 4.78 is 10.3. The molecule has 0 fully saturated rings. The average molecular weight is 236 g/mol. The molecular formula is C12H16N2O3. The van der Waals surface area contributed by atoms with Crippen LogP contribution in [0, 0.1) is 0 Å². The minimum absolute atomic E-state index is 0.0708. The largest absolute Gasteiger partial charge is 0.394 e. The Labute approximate surface area is 99.4 Å². The van der Waals surface area contributed by atoms with E-state index in [1.54, 1.807) is 0 Å². The first kappa shape index (κ1) is 11.9. The van der Waals surface area contributed by atoms with Crippen molar-refractivity contribution in [1.82, 2.24) is 5.16 Å². The summed E-state index contributed by atoms with van der Waals surface area (Å²) in [4.78, 5) is 0. The van der Waals surface area contributed by atoms with Crippen LogP contribution in [0.4, 0.5) is 5.82 Å². The van der Waals surface area contributed by atoms with Crippen molar-refractivity contribution in [3.63, 3.8) is 0 Å². The monoisotopic (exact) mass is 236 g/mol. The van der Waals surface area contributed by atoms with Crippen LogP contribution in [0.15, 0.2) is 28.8 Å². The number of aromatic nitrogens is 1. The van der Waals surface area contributed by atoms with Crippen molar-refractivity contribution in [3.05, 3.63) is 24.3 Å². The number of nitrogens with one attached hydrogen (secondary N) is 1. The number of rotatable bonds is 7. The van der Waals surface area contributed by atoms with Gasteiger partial charge < -0.3 is 19.7 Å². The van der Waals surface area contributed by atoms with E-state index >= 15 is 0 Å². The predicted molar refractivity (Wildman–Crippen MR) is 65.0 cm³/mol. The van der Waals surface area contributed by atoms with E-state index in [1.807, 2.05) is 24.3 Å². The van der Waals surface area contributed by atoms with E-state index in [2.05, 4.69) is 10.5 Å². The normalized spacial score (nSPS) is 10.9. The van der Waals surface area contributed by atoms with Crippen molar-refractivity contribution in [2.24, 2.45) is 0 Å². The highest BCUT2D eigenvalue weighted by Crippen LogP contribution is 2.21. The molecule has 0 aliphatic rings. The number of aliphatic hydroxyl groups excluding tert-OH is 1. The third kappa shape index (κ3) is 3.18. The predicted octanol–water partition coefficient (Wildman–Crippen LogP) is 1.64. The van der Waals surface area contributed by atoms with E-state index in [1.165, 1.54) is 0 Å². The van der Waals surface area contributed by atoms with Gasteiger partial charge in [0.05, 0.1) is 18.6 Å². The maximum atomic E-state index is 8.53. The smallest absolute Gasteiger partial charge is 0.177 e. The number of aliphatic hydroxyl groups is 1. The van der Waals surface area contributed by atoms with Gasteiger partial charge in [0, 0.05) is 13.2 Å². The van der Waals surface area contributed by atoms with E-state index in [0.717, 1.165) is 29.8 Å². The fraction of sp³-hybridized carbons (Fsp3) is 0.417. The summed E-state index contributed by atoms with van der Waals surface area (Å²) >= 11 is 0. The Morgan fingerprint density at radius 3 is 3.06 bits per heavy atom. The zero-order valence-corrected chi connectivity index (χ0v) is 9.56. The molecule has 0 amide bonds. The first-order valence-electron chi connectivity index (χ1n) is 5.68.